The molecule has 0 aliphatic rings. The van der Waals surface area contributed by atoms with Gasteiger partial charge in [-0.1, -0.05) is 0 Å². The van der Waals surface area contributed by atoms with E-state index in [9.17, 15) is 13.2 Å². The number of aryl methyl sites for hydroxylation is 1. The fraction of sp³-hybridized carbons (Fsp3) is 0.571. The van der Waals surface area contributed by atoms with Crippen LogP contribution in [0, 0.1) is 6.92 Å². The van der Waals surface area contributed by atoms with Crippen LogP contribution in [0.3, 0.4) is 0 Å². The van der Waals surface area contributed by atoms with Crippen molar-refractivity contribution in [2.24, 2.45) is 0 Å². The molecule has 8 heteroatoms. The van der Waals surface area contributed by atoms with Gasteiger partial charge in [-0.05, 0) is 39.8 Å². The van der Waals surface area contributed by atoms with Gasteiger partial charge in [0.1, 0.15) is 21.3 Å². The number of pyridine rings is 1. The minimum atomic E-state index is -3.01. The molecule has 0 saturated carbocycles. The Labute approximate surface area is 131 Å². The summed E-state index contributed by atoms with van der Waals surface area (Å²) in [5.41, 5.74) is 0.798. The van der Waals surface area contributed by atoms with Gasteiger partial charge in [0, 0.05) is 12.8 Å². The first kappa shape index (κ1) is 18.2. The summed E-state index contributed by atoms with van der Waals surface area (Å²) in [6.45, 7) is 7.41. The molecule has 1 aromatic rings. The Bertz CT molecular complexity index is 636. The van der Waals surface area contributed by atoms with Crippen LogP contribution in [0.4, 0.5) is 16.3 Å². The first-order valence-electron chi connectivity index (χ1n) is 6.85. The molecule has 0 bridgehead atoms. The van der Waals surface area contributed by atoms with E-state index in [1.54, 1.807) is 39.8 Å². The molecule has 2 N–H and O–H groups in total. The van der Waals surface area contributed by atoms with Gasteiger partial charge < -0.3 is 10.1 Å². The lowest BCUT2D eigenvalue weighted by Gasteiger charge is -2.19. The number of nitrogens with zero attached hydrogens (tertiary/aromatic N) is 1. The predicted molar refractivity (Wildman–Crippen MR) is 87.0 cm³/mol. The zero-order valence-electron chi connectivity index (χ0n) is 13.6. The molecule has 1 rings (SSSR count). The number of hydrogen-bond acceptors (Lipinski definition) is 6. The smallest absolute Gasteiger partial charge is 0.413 e. The standard InChI is InChI=1S/C14H23N3O4S/c1-10-11(15-8-9-22(5,19)20)6-7-12(16-10)17-13(18)21-14(2,3)4/h6-7,15H,8-9H2,1-5H3,(H,16,17,18). The molecule has 0 aliphatic carbocycles. The minimum absolute atomic E-state index is 0.0460. The van der Waals surface area contributed by atoms with E-state index in [-0.39, 0.29) is 5.75 Å². The number of ether oxygens (including phenoxy) is 1. The summed E-state index contributed by atoms with van der Waals surface area (Å²) >= 11 is 0. The Hall–Kier alpha value is -1.83. The Morgan fingerprint density at radius 1 is 1.32 bits per heavy atom. The van der Waals surface area contributed by atoms with Gasteiger partial charge in [-0.25, -0.2) is 18.2 Å². The van der Waals surface area contributed by atoms with E-state index in [1.165, 1.54) is 6.26 Å². The van der Waals surface area contributed by atoms with E-state index in [2.05, 4.69) is 15.6 Å². The molecule has 1 aromatic heterocycles. The van der Waals surface area contributed by atoms with E-state index in [0.29, 0.717) is 18.1 Å². The molecular formula is C14H23N3O4S. The molecule has 22 heavy (non-hydrogen) atoms. The van der Waals surface area contributed by atoms with Crippen LogP contribution in [0.25, 0.3) is 0 Å². The number of nitrogens with one attached hydrogen (secondary N) is 2. The lowest BCUT2D eigenvalue weighted by atomic mass is 10.2. The second-order valence-electron chi connectivity index (χ2n) is 6.01. The zero-order chi connectivity index (χ0) is 17.0. The lowest BCUT2D eigenvalue weighted by molar-refractivity contribution is 0.0635. The molecular weight excluding hydrogens is 306 g/mol. The molecule has 0 fully saturated rings. The molecule has 0 atom stereocenters. The number of rotatable bonds is 5. The van der Waals surface area contributed by atoms with E-state index < -0.39 is 21.5 Å². The number of carbonyl (C=O) groups excluding carboxylic acids is 1. The summed E-state index contributed by atoms with van der Waals surface area (Å²) in [7, 11) is -3.01. The largest absolute Gasteiger partial charge is 0.444 e. The Kier molecular flexibility index (Phi) is 5.76. The van der Waals surface area contributed by atoms with Gasteiger partial charge in [-0.3, -0.25) is 5.32 Å². The maximum Gasteiger partial charge on any atom is 0.413 e. The summed E-state index contributed by atoms with van der Waals surface area (Å²) in [6.07, 6.45) is 0.616. The number of amides is 1. The van der Waals surface area contributed by atoms with Crippen molar-refractivity contribution in [3.05, 3.63) is 17.8 Å². The van der Waals surface area contributed by atoms with Crippen molar-refractivity contribution in [2.75, 3.05) is 29.2 Å². The van der Waals surface area contributed by atoms with Gasteiger partial charge in [-0.15, -0.1) is 0 Å². The van der Waals surface area contributed by atoms with Crippen molar-refractivity contribution in [1.29, 1.82) is 0 Å². The van der Waals surface area contributed by atoms with Crippen LogP contribution in [-0.4, -0.2) is 43.6 Å². The summed E-state index contributed by atoms with van der Waals surface area (Å²) in [6, 6.07) is 3.36. The molecule has 124 valence electrons. The molecule has 0 spiro atoms. The number of sulfone groups is 1. The van der Waals surface area contributed by atoms with Crippen LogP contribution in [0.5, 0.6) is 0 Å². The molecule has 0 radical (unpaired) electrons. The third-order valence-electron chi connectivity index (χ3n) is 2.50. The fourth-order valence-electron chi connectivity index (χ4n) is 1.60. The monoisotopic (exact) mass is 329 g/mol. The van der Waals surface area contributed by atoms with Gasteiger partial charge in [-0.2, -0.15) is 0 Å². The van der Waals surface area contributed by atoms with Crippen molar-refractivity contribution in [2.45, 2.75) is 33.3 Å². The molecule has 0 unspecified atom stereocenters. The maximum absolute atomic E-state index is 11.7. The average molecular weight is 329 g/mol. The first-order chi connectivity index (χ1) is 9.96. The van der Waals surface area contributed by atoms with Crippen LogP contribution in [0.2, 0.25) is 0 Å². The molecule has 1 heterocycles. The normalized spacial score (nSPS) is 11.9. The van der Waals surface area contributed by atoms with Crippen molar-refractivity contribution < 1.29 is 17.9 Å². The number of aromatic nitrogens is 1. The molecule has 1 amide bonds. The van der Waals surface area contributed by atoms with Crippen molar-refractivity contribution in [3.8, 4) is 0 Å². The summed E-state index contributed by atoms with van der Waals surface area (Å²) < 4.78 is 27.3. The summed E-state index contributed by atoms with van der Waals surface area (Å²) in [5.74, 6) is 0.421. The lowest BCUT2D eigenvalue weighted by Crippen LogP contribution is -2.27. The number of anilines is 2. The highest BCUT2D eigenvalue weighted by atomic mass is 32.2. The summed E-state index contributed by atoms with van der Waals surface area (Å²) in [4.78, 5) is 15.9. The first-order valence-corrected chi connectivity index (χ1v) is 8.91. The second kappa shape index (κ2) is 6.95. The van der Waals surface area contributed by atoms with E-state index in [0.717, 1.165) is 5.69 Å². The molecule has 0 aliphatic heterocycles. The highest BCUT2D eigenvalue weighted by molar-refractivity contribution is 7.90. The predicted octanol–water partition coefficient (Wildman–Crippen LogP) is 2.19. The fourth-order valence-corrected chi connectivity index (χ4v) is 2.07. The van der Waals surface area contributed by atoms with Crippen molar-refractivity contribution >= 4 is 27.4 Å². The van der Waals surface area contributed by atoms with Crippen LogP contribution in [-0.2, 0) is 14.6 Å². The van der Waals surface area contributed by atoms with Crippen LogP contribution >= 0.6 is 0 Å². The van der Waals surface area contributed by atoms with Gasteiger partial charge in [0.2, 0.25) is 0 Å². The van der Waals surface area contributed by atoms with Crippen LogP contribution < -0.4 is 10.6 Å². The van der Waals surface area contributed by atoms with Crippen molar-refractivity contribution in [3.63, 3.8) is 0 Å². The van der Waals surface area contributed by atoms with Crippen LogP contribution in [0.1, 0.15) is 26.5 Å². The van der Waals surface area contributed by atoms with E-state index in [1.807, 2.05) is 0 Å². The quantitative estimate of drug-likeness (QED) is 0.859. The average Bonchev–Trinajstić information content (AvgIpc) is 2.27. The Morgan fingerprint density at radius 3 is 2.45 bits per heavy atom. The SMILES string of the molecule is Cc1nc(NC(=O)OC(C)(C)C)ccc1NCCS(C)(=O)=O. The van der Waals surface area contributed by atoms with Gasteiger partial charge in [0.25, 0.3) is 0 Å². The molecule has 0 aromatic carbocycles. The zero-order valence-corrected chi connectivity index (χ0v) is 14.4. The second-order valence-corrected chi connectivity index (χ2v) is 8.27. The Morgan fingerprint density at radius 2 is 1.95 bits per heavy atom. The third kappa shape index (κ3) is 7.26. The highest BCUT2D eigenvalue weighted by Crippen LogP contribution is 2.16. The third-order valence-corrected chi connectivity index (χ3v) is 3.45. The van der Waals surface area contributed by atoms with Gasteiger partial charge >= 0.3 is 6.09 Å². The van der Waals surface area contributed by atoms with Gasteiger partial charge in [0.15, 0.2) is 0 Å². The maximum atomic E-state index is 11.7. The van der Waals surface area contributed by atoms with Crippen molar-refractivity contribution in [1.82, 2.24) is 4.98 Å². The highest BCUT2D eigenvalue weighted by Gasteiger charge is 2.16. The number of carbonyl (C=O) groups is 1. The topological polar surface area (TPSA) is 97.4 Å². The molecule has 0 saturated heterocycles. The van der Waals surface area contributed by atoms with Gasteiger partial charge in [0.05, 0.1) is 17.1 Å². The van der Waals surface area contributed by atoms with E-state index >= 15 is 0 Å². The minimum Gasteiger partial charge on any atom is -0.444 e. The Balaban J connectivity index is 2.64. The number of hydrogen-bond donors (Lipinski definition) is 2. The van der Waals surface area contributed by atoms with Crippen LogP contribution in [0.15, 0.2) is 12.1 Å². The molecule has 7 nitrogen and oxygen atoms in total. The van der Waals surface area contributed by atoms with E-state index in [4.69, 9.17) is 4.74 Å². The summed E-state index contributed by atoms with van der Waals surface area (Å²) in [5, 5.41) is 5.55.